The van der Waals surface area contributed by atoms with Gasteiger partial charge >= 0.3 is 12.0 Å². The number of sulfonamides is 1. The van der Waals surface area contributed by atoms with E-state index >= 15 is 4.79 Å². The average Bonchev–Trinajstić information content (AvgIpc) is 3.79. The van der Waals surface area contributed by atoms with Crippen LogP contribution in [0.3, 0.4) is 0 Å². The van der Waals surface area contributed by atoms with E-state index < -0.39 is 63.6 Å². The van der Waals surface area contributed by atoms with Gasteiger partial charge in [0.2, 0.25) is 11.8 Å². The van der Waals surface area contributed by atoms with Crippen LogP contribution in [-0.4, -0.2) is 120 Å². The Morgan fingerprint density at radius 2 is 1.72 bits per heavy atom. The fraction of sp³-hybridized carbons (Fsp3) is 0.583. The van der Waals surface area contributed by atoms with E-state index in [1.165, 1.54) is 27.6 Å². The van der Waals surface area contributed by atoms with Gasteiger partial charge < -0.3 is 40.7 Å². The number of benzene rings is 1. The molecule has 6 atom stereocenters. The number of hydrogen-bond donors (Lipinski definition) is 5. The molecule has 0 spiro atoms. The highest BCUT2D eigenvalue weighted by Gasteiger charge is 2.62. The number of aromatic nitrogens is 2. The van der Waals surface area contributed by atoms with E-state index in [1.807, 2.05) is 25.3 Å². The van der Waals surface area contributed by atoms with Gasteiger partial charge in [0.25, 0.3) is 10.0 Å². The number of anilines is 1. The molecule has 5 heterocycles. The second kappa shape index (κ2) is 21.3. The van der Waals surface area contributed by atoms with Gasteiger partial charge in [0.15, 0.2) is 5.13 Å². The van der Waals surface area contributed by atoms with E-state index in [1.54, 1.807) is 42.8 Å². The zero-order valence-electron chi connectivity index (χ0n) is 39.2. The smallest absolute Gasteiger partial charge is 0.329 e. The van der Waals surface area contributed by atoms with Gasteiger partial charge in [0.1, 0.15) is 45.1 Å². The molecule has 4 aliphatic rings. The van der Waals surface area contributed by atoms with E-state index in [0.717, 1.165) is 74.3 Å². The predicted octanol–water partition coefficient (Wildman–Crippen LogP) is 7.24. The number of carboxylic acids is 1. The molecule has 4 aromatic rings. The van der Waals surface area contributed by atoms with Crippen LogP contribution < -0.4 is 30.7 Å². The van der Waals surface area contributed by atoms with Crippen LogP contribution in [0.25, 0.3) is 22.3 Å². The first-order valence-electron chi connectivity index (χ1n) is 24.0. The van der Waals surface area contributed by atoms with Gasteiger partial charge in [-0.25, -0.2) is 28.0 Å². The monoisotopic (exact) mass is 992 g/mol. The highest BCUT2D eigenvalue weighted by Crippen LogP contribution is 2.48. The van der Waals surface area contributed by atoms with Crippen molar-refractivity contribution in [1.82, 2.24) is 35.1 Å². The van der Waals surface area contributed by atoms with Gasteiger partial charge in [-0.05, 0) is 81.4 Å². The first-order valence-corrected chi connectivity index (χ1v) is 27.2. The van der Waals surface area contributed by atoms with Crippen molar-refractivity contribution in [2.24, 2.45) is 11.8 Å². The Hall–Kier alpha value is -5.05. The van der Waals surface area contributed by atoms with Gasteiger partial charge in [-0.15, -0.1) is 22.7 Å². The molecule has 0 radical (unpaired) electrons. The summed E-state index contributed by atoms with van der Waals surface area (Å²) in [5.41, 5.74) is 0.348. The number of ether oxygens (including phenoxy) is 2. The molecular weight excluding hydrogens is 929 g/mol. The lowest BCUT2D eigenvalue weighted by molar-refractivity contribution is -0.145. The van der Waals surface area contributed by atoms with Gasteiger partial charge in [-0.3, -0.25) is 9.59 Å². The first kappa shape index (κ1) is 49.4. The predicted molar refractivity (Wildman–Crippen MR) is 262 cm³/mol. The lowest BCUT2D eigenvalue weighted by Crippen LogP contribution is -2.58. The zero-order valence-corrected chi connectivity index (χ0v) is 41.7. The molecule has 68 heavy (non-hydrogen) atoms. The third-order valence-electron chi connectivity index (χ3n) is 13.9. The van der Waals surface area contributed by atoms with Crippen molar-refractivity contribution in [2.75, 3.05) is 32.6 Å². The number of carbonyl (C=O) groups excluding carboxylic acids is 3. The number of thiophene rings is 1. The zero-order chi connectivity index (χ0) is 48.2. The maximum Gasteiger partial charge on any atom is 0.329 e. The molecule has 17 nitrogen and oxygen atoms in total. The number of nitrogens with zero attached hydrogens (tertiary/aromatic N) is 4. The number of hydrogen-bond acceptors (Lipinski definition) is 13. The second-order valence-corrected chi connectivity index (χ2v) is 23.2. The van der Waals surface area contributed by atoms with Crippen LogP contribution in [0.4, 0.5) is 9.93 Å². The van der Waals surface area contributed by atoms with Gasteiger partial charge in [-0.2, -0.15) is 4.31 Å². The van der Waals surface area contributed by atoms with Crippen LogP contribution in [0, 0.1) is 11.8 Å². The number of amides is 4. The summed E-state index contributed by atoms with van der Waals surface area (Å²) in [5, 5.41) is 27.8. The summed E-state index contributed by atoms with van der Waals surface area (Å²) in [6.45, 7) is 4.09. The van der Waals surface area contributed by atoms with Crippen molar-refractivity contribution >= 4 is 72.5 Å². The van der Waals surface area contributed by atoms with E-state index in [-0.39, 0.29) is 41.6 Å². The Labute approximate surface area is 406 Å². The number of aliphatic carboxylic acids is 1. The number of nitrogens with one attached hydrogen (secondary N) is 4. The minimum absolute atomic E-state index is 0.0231. The summed E-state index contributed by atoms with van der Waals surface area (Å²) in [5.74, 6) is -1.31. The van der Waals surface area contributed by atoms with E-state index in [4.69, 9.17) is 19.4 Å². The molecule has 2 saturated heterocycles. The second-order valence-electron chi connectivity index (χ2n) is 19.1. The Morgan fingerprint density at radius 3 is 2.44 bits per heavy atom. The SMILES string of the molecule is COc1ccc2c(O[C@@H]3C[C@H]4C(=O)N[C@]5(C(=O)O)CC5CCCCCCC[C@H](NC(=O)N[C@H](CN(C)S(=O)(=O)c5cccs5)C5CCCCC5)C(=O)N4C3)cc(-c3csc(NC(C)C)n3)nc2c1. The Balaban J connectivity index is 1.08. The summed E-state index contributed by atoms with van der Waals surface area (Å²) in [7, 11) is -0.703. The molecule has 3 aromatic heterocycles. The molecule has 2 aliphatic carbocycles. The largest absolute Gasteiger partial charge is 0.497 e. The minimum atomic E-state index is -3.80. The number of carboxylic acid groups (broad SMARTS) is 1. The first-order chi connectivity index (χ1) is 32.6. The molecule has 368 valence electrons. The maximum absolute atomic E-state index is 15.1. The van der Waals surface area contributed by atoms with Crippen molar-refractivity contribution in [3.8, 4) is 22.9 Å². The van der Waals surface area contributed by atoms with Crippen molar-refractivity contribution in [3.05, 3.63) is 47.2 Å². The van der Waals surface area contributed by atoms with Gasteiger partial charge in [0.05, 0.1) is 24.9 Å². The summed E-state index contributed by atoms with van der Waals surface area (Å²) >= 11 is 2.59. The maximum atomic E-state index is 15.1. The molecular formula is C48H64N8O9S3. The van der Waals surface area contributed by atoms with Crippen LogP contribution in [0.15, 0.2) is 51.4 Å². The molecule has 5 N–H and O–H groups in total. The molecule has 2 saturated carbocycles. The lowest BCUT2D eigenvalue weighted by atomic mass is 9.84. The van der Waals surface area contributed by atoms with Crippen molar-refractivity contribution in [2.45, 2.75) is 144 Å². The number of fused-ring (bicyclic) bond motifs is 3. The number of methoxy groups -OCH3 is 1. The Bertz CT molecular complexity index is 2550. The summed E-state index contributed by atoms with van der Waals surface area (Å²) < 4.78 is 40.9. The summed E-state index contributed by atoms with van der Waals surface area (Å²) in [6, 6.07) is 7.40. The van der Waals surface area contributed by atoms with Crippen molar-refractivity contribution in [3.63, 3.8) is 0 Å². The van der Waals surface area contributed by atoms with E-state index in [9.17, 15) is 27.9 Å². The third kappa shape index (κ3) is 11.2. The quantitative estimate of drug-likeness (QED) is 0.0844. The standard InChI is InChI=1S/C48H64N8O9S3/c1-29(2)49-47-53-39(28-67-47)37-24-41(34-20-19-32(64-4)22-36(34)50-37)65-33-23-40-43(57)54-48(45(59)60)25-31(48)16-11-6-5-7-12-17-35(44(58)56(40)26-33)51-46(61)52-38(30-14-9-8-10-15-30)27-55(3)68(62,63)42-18-13-21-66-42/h13,18-22,24,28-31,33,35,38,40H,5-12,14-17,23,25-27H2,1-4H3,(H,49,53)(H,54,57)(H,59,60)(H2,51,52,61)/t31?,33-,35+,38-,40+,48-/m1/s1. The van der Waals surface area contributed by atoms with Crippen LogP contribution in [0.5, 0.6) is 11.5 Å². The number of thiazole rings is 1. The topological polar surface area (TPSA) is 221 Å². The number of pyridine rings is 1. The molecule has 20 heteroatoms. The fourth-order valence-corrected chi connectivity index (χ4v) is 13.4. The third-order valence-corrected chi connectivity index (χ3v) is 17.9. The van der Waals surface area contributed by atoms with E-state index in [2.05, 4.69) is 21.3 Å². The van der Waals surface area contributed by atoms with Gasteiger partial charge in [-0.1, -0.05) is 57.4 Å². The van der Waals surface area contributed by atoms with Crippen LogP contribution >= 0.6 is 22.7 Å². The highest BCUT2D eigenvalue weighted by atomic mass is 32.2. The molecule has 2 aliphatic heterocycles. The molecule has 4 fully saturated rings. The number of likely N-dealkylation sites (N-methyl/N-ethyl adjacent to an activating group) is 1. The molecule has 0 bridgehead atoms. The van der Waals surface area contributed by atoms with Crippen LogP contribution in [0.2, 0.25) is 0 Å². The van der Waals surface area contributed by atoms with Crippen molar-refractivity contribution in [1.29, 1.82) is 0 Å². The summed E-state index contributed by atoms with van der Waals surface area (Å²) in [6.07, 6.45) is 9.23. The molecule has 8 rings (SSSR count). The molecule has 1 unspecified atom stereocenters. The van der Waals surface area contributed by atoms with Crippen LogP contribution in [0.1, 0.15) is 104 Å². The Morgan fingerprint density at radius 1 is 0.985 bits per heavy atom. The average molecular weight is 993 g/mol. The Kier molecular flexibility index (Phi) is 15.5. The van der Waals surface area contributed by atoms with E-state index in [0.29, 0.717) is 59.5 Å². The number of carbonyl (C=O) groups is 4. The summed E-state index contributed by atoms with van der Waals surface area (Å²) in [4.78, 5) is 67.8. The normalized spacial score (nSPS) is 24.6. The molecule has 4 amide bonds. The number of urea groups is 1. The highest BCUT2D eigenvalue weighted by molar-refractivity contribution is 7.91. The fourth-order valence-electron chi connectivity index (χ4n) is 10.1. The van der Waals surface area contributed by atoms with Crippen molar-refractivity contribution < 1.29 is 42.2 Å². The lowest BCUT2D eigenvalue weighted by Gasteiger charge is -2.34. The molecule has 1 aromatic carbocycles. The van der Waals surface area contributed by atoms with Crippen LogP contribution in [-0.2, 0) is 24.4 Å². The number of rotatable bonds is 14. The minimum Gasteiger partial charge on any atom is -0.497 e. The van der Waals surface area contributed by atoms with Gasteiger partial charge in [0, 0.05) is 55.0 Å².